The molecule has 0 spiro atoms. The first-order valence-corrected chi connectivity index (χ1v) is 11.7. The molecule has 0 aliphatic rings. The fraction of sp³-hybridized carbons (Fsp3) is 0.273. The first kappa shape index (κ1) is 22.6. The zero-order chi connectivity index (χ0) is 23.8. The van der Waals surface area contributed by atoms with E-state index in [4.69, 9.17) is 4.42 Å². The summed E-state index contributed by atoms with van der Waals surface area (Å²) in [4.78, 5) is 25.6. The van der Waals surface area contributed by atoms with Gasteiger partial charge in [-0.3, -0.25) is 14.2 Å². The quantitative estimate of drug-likeness (QED) is 0.376. The molecule has 0 atom stereocenters. The largest absolute Gasteiger partial charge is 0.423 e. The summed E-state index contributed by atoms with van der Waals surface area (Å²) in [5.41, 5.74) is 0.194. The second-order valence-electron chi connectivity index (χ2n) is 7.63. The van der Waals surface area contributed by atoms with Crippen LogP contribution >= 0.6 is 0 Å². The lowest BCUT2D eigenvalue weighted by molar-refractivity contribution is 0.444. The first-order valence-electron chi connectivity index (χ1n) is 10.3. The number of rotatable bonds is 7. The van der Waals surface area contributed by atoms with Gasteiger partial charge in [0.2, 0.25) is 21.8 Å². The molecule has 0 unspecified atom stereocenters. The number of aryl methyl sites for hydroxylation is 1. The number of benzene rings is 2. The summed E-state index contributed by atoms with van der Waals surface area (Å²) in [6.07, 6.45) is 0.423. The second kappa shape index (κ2) is 8.75. The summed E-state index contributed by atoms with van der Waals surface area (Å²) in [6.45, 7) is 1.83. The van der Waals surface area contributed by atoms with Crippen molar-refractivity contribution in [3.8, 4) is 0 Å². The molecule has 172 valence electrons. The molecule has 0 N–H and O–H groups in total. The molecule has 33 heavy (non-hydrogen) atoms. The van der Waals surface area contributed by atoms with Crippen molar-refractivity contribution in [1.82, 2.24) is 23.6 Å². The average molecular weight is 470 g/mol. The minimum Gasteiger partial charge on any atom is -0.423 e. The van der Waals surface area contributed by atoms with Gasteiger partial charge in [-0.05, 0) is 30.7 Å². The third-order valence-corrected chi connectivity index (χ3v) is 7.11. The van der Waals surface area contributed by atoms with Crippen LogP contribution < -0.4 is 11.1 Å². The third-order valence-electron chi connectivity index (χ3n) is 5.30. The topological polar surface area (TPSA) is 120 Å². The van der Waals surface area contributed by atoms with Gasteiger partial charge in [-0.2, -0.15) is 0 Å². The van der Waals surface area contributed by atoms with E-state index in [1.165, 1.54) is 41.4 Å². The van der Waals surface area contributed by atoms with Crippen LogP contribution in [-0.2, 0) is 29.5 Å². The summed E-state index contributed by atoms with van der Waals surface area (Å²) in [5, 5.41) is 8.05. The fourth-order valence-corrected chi connectivity index (χ4v) is 4.49. The predicted octanol–water partition coefficient (Wildman–Crippen LogP) is 1.46. The molecule has 0 saturated heterocycles. The van der Waals surface area contributed by atoms with Gasteiger partial charge in [0.05, 0.1) is 22.3 Å². The molecule has 4 rings (SSSR count). The maximum atomic E-state index is 12.9. The van der Waals surface area contributed by atoms with E-state index in [9.17, 15) is 18.0 Å². The number of aromatic nitrogens is 4. The van der Waals surface area contributed by atoms with Crippen LogP contribution in [-0.4, -0.2) is 46.1 Å². The number of hydrogen-bond donors (Lipinski definition) is 0. The minimum atomic E-state index is -3.75. The SMILES string of the molecule is CCn1c(=O)c(=O)n(Cc2nnc(Cc3ccccc3)o2)c2cc(S(=O)(=O)N(C)C)ccc21. The molecular weight excluding hydrogens is 446 g/mol. The number of fused-ring (bicyclic) bond motifs is 1. The Morgan fingerprint density at radius 3 is 2.24 bits per heavy atom. The molecule has 2 heterocycles. The van der Waals surface area contributed by atoms with Crippen LogP contribution in [0.4, 0.5) is 0 Å². The van der Waals surface area contributed by atoms with Crippen molar-refractivity contribution < 1.29 is 12.8 Å². The summed E-state index contributed by atoms with van der Waals surface area (Å²) in [6, 6.07) is 13.9. The highest BCUT2D eigenvalue weighted by Crippen LogP contribution is 2.20. The summed E-state index contributed by atoms with van der Waals surface area (Å²) in [7, 11) is -0.906. The van der Waals surface area contributed by atoms with Gasteiger partial charge in [0, 0.05) is 20.6 Å². The summed E-state index contributed by atoms with van der Waals surface area (Å²) < 4.78 is 34.6. The lowest BCUT2D eigenvalue weighted by atomic mass is 10.2. The van der Waals surface area contributed by atoms with Crippen molar-refractivity contribution in [3.63, 3.8) is 0 Å². The van der Waals surface area contributed by atoms with E-state index in [1.807, 2.05) is 30.3 Å². The molecule has 0 aliphatic heterocycles. The Morgan fingerprint density at radius 1 is 0.909 bits per heavy atom. The van der Waals surface area contributed by atoms with Gasteiger partial charge >= 0.3 is 11.1 Å². The Hall–Kier alpha value is -3.57. The van der Waals surface area contributed by atoms with Crippen molar-refractivity contribution in [2.75, 3.05) is 14.1 Å². The zero-order valence-corrected chi connectivity index (χ0v) is 19.2. The first-order chi connectivity index (χ1) is 15.7. The number of hydrogen-bond acceptors (Lipinski definition) is 7. The lowest BCUT2D eigenvalue weighted by Gasteiger charge is -2.16. The van der Waals surface area contributed by atoms with Gasteiger partial charge in [-0.15, -0.1) is 10.2 Å². The predicted molar refractivity (Wildman–Crippen MR) is 122 cm³/mol. The maximum absolute atomic E-state index is 12.9. The summed E-state index contributed by atoms with van der Waals surface area (Å²) >= 11 is 0. The second-order valence-corrected chi connectivity index (χ2v) is 9.78. The standard InChI is InChI=1S/C22H23N5O5S/c1-4-26-17-11-10-16(33(30,31)25(2)3)13-18(17)27(22(29)21(26)28)14-20-24-23-19(32-20)12-15-8-6-5-7-9-15/h5-11,13H,4,12,14H2,1-3H3. The van der Waals surface area contributed by atoms with E-state index >= 15 is 0 Å². The molecule has 2 aromatic carbocycles. The lowest BCUT2D eigenvalue weighted by Crippen LogP contribution is -2.41. The Labute approximate surface area is 189 Å². The van der Waals surface area contributed by atoms with Crippen LogP contribution in [0.25, 0.3) is 11.0 Å². The molecule has 0 radical (unpaired) electrons. The van der Waals surface area contributed by atoms with Crippen LogP contribution in [0.5, 0.6) is 0 Å². The molecule has 0 amide bonds. The minimum absolute atomic E-state index is 0.00440. The van der Waals surface area contributed by atoms with Crippen LogP contribution in [0.3, 0.4) is 0 Å². The highest BCUT2D eigenvalue weighted by molar-refractivity contribution is 7.89. The molecule has 4 aromatic rings. The van der Waals surface area contributed by atoms with E-state index < -0.39 is 21.1 Å². The van der Waals surface area contributed by atoms with Gasteiger partial charge < -0.3 is 8.98 Å². The van der Waals surface area contributed by atoms with Gasteiger partial charge in [-0.25, -0.2) is 12.7 Å². The van der Waals surface area contributed by atoms with Crippen molar-refractivity contribution >= 4 is 21.1 Å². The van der Waals surface area contributed by atoms with E-state index in [0.717, 1.165) is 9.87 Å². The van der Waals surface area contributed by atoms with Crippen LogP contribution in [0, 0.1) is 0 Å². The Bertz CT molecular complexity index is 1540. The van der Waals surface area contributed by atoms with E-state index in [0.29, 0.717) is 17.8 Å². The van der Waals surface area contributed by atoms with Crippen molar-refractivity contribution in [2.45, 2.75) is 31.3 Å². The van der Waals surface area contributed by atoms with Crippen molar-refractivity contribution in [3.05, 3.63) is 86.6 Å². The molecule has 0 bridgehead atoms. The van der Waals surface area contributed by atoms with Crippen molar-refractivity contribution in [1.29, 1.82) is 0 Å². The number of sulfonamides is 1. The molecule has 11 heteroatoms. The third kappa shape index (κ3) is 4.24. The zero-order valence-electron chi connectivity index (χ0n) is 18.4. The monoisotopic (exact) mass is 469 g/mol. The highest BCUT2D eigenvalue weighted by Gasteiger charge is 2.21. The fourth-order valence-electron chi connectivity index (χ4n) is 3.57. The smallest absolute Gasteiger partial charge is 0.317 e. The Balaban J connectivity index is 1.82. The maximum Gasteiger partial charge on any atom is 0.317 e. The normalized spacial score (nSPS) is 12.0. The average Bonchev–Trinajstić information content (AvgIpc) is 3.24. The Kier molecular flexibility index (Phi) is 6.00. The van der Waals surface area contributed by atoms with E-state index in [-0.39, 0.29) is 29.4 Å². The van der Waals surface area contributed by atoms with Crippen molar-refractivity contribution in [2.24, 2.45) is 0 Å². The van der Waals surface area contributed by atoms with Gasteiger partial charge in [0.1, 0.15) is 6.54 Å². The summed E-state index contributed by atoms with van der Waals surface area (Å²) in [5.74, 6) is 0.505. The van der Waals surface area contributed by atoms with Crippen LogP contribution in [0.1, 0.15) is 24.3 Å². The Morgan fingerprint density at radius 2 is 1.58 bits per heavy atom. The highest BCUT2D eigenvalue weighted by atomic mass is 32.2. The van der Waals surface area contributed by atoms with Crippen LogP contribution in [0.2, 0.25) is 0 Å². The van der Waals surface area contributed by atoms with Gasteiger partial charge in [0.25, 0.3) is 0 Å². The molecule has 0 aliphatic carbocycles. The van der Waals surface area contributed by atoms with E-state index in [1.54, 1.807) is 6.92 Å². The molecule has 10 nitrogen and oxygen atoms in total. The molecule has 0 saturated carbocycles. The number of nitrogens with zero attached hydrogens (tertiary/aromatic N) is 5. The molecule has 2 aromatic heterocycles. The van der Waals surface area contributed by atoms with Gasteiger partial charge in [0.15, 0.2) is 0 Å². The van der Waals surface area contributed by atoms with E-state index in [2.05, 4.69) is 10.2 Å². The van der Waals surface area contributed by atoms with Gasteiger partial charge in [-0.1, -0.05) is 30.3 Å². The molecular formula is C22H23N5O5S. The molecule has 0 fully saturated rings. The van der Waals surface area contributed by atoms with Crippen LogP contribution in [0.15, 0.2) is 67.4 Å².